The van der Waals surface area contributed by atoms with Gasteiger partial charge >= 0.3 is 5.97 Å². The number of aldehydes is 1. The van der Waals surface area contributed by atoms with Gasteiger partial charge in [-0.1, -0.05) is 22.6 Å². The lowest BCUT2D eigenvalue weighted by Crippen LogP contribution is -2.55. The average molecular weight is 370 g/mol. The van der Waals surface area contributed by atoms with E-state index in [1.54, 1.807) is 13.8 Å². The average Bonchev–Trinajstić information content (AvgIpc) is 2.31. The summed E-state index contributed by atoms with van der Waals surface area (Å²) in [5.41, 5.74) is -0.991. The van der Waals surface area contributed by atoms with Gasteiger partial charge in [-0.05, 0) is 31.1 Å². The van der Waals surface area contributed by atoms with Crippen LogP contribution in [-0.2, 0) is 23.8 Å². The maximum atomic E-state index is 12.2. The minimum absolute atomic E-state index is 0.0693. The predicted octanol–water partition coefficient (Wildman–Crippen LogP) is 2.06. The molecule has 6 heteroatoms. The molecule has 5 nitrogen and oxygen atoms in total. The second-order valence-electron chi connectivity index (χ2n) is 4.21. The third kappa shape index (κ3) is 3.42. The summed E-state index contributed by atoms with van der Waals surface area (Å²) in [5, 5.41) is 0. The topological polar surface area (TPSA) is 61.8 Å². The fourth-order valence-corrected chi connectivity index (χ4v) is 2.40. The van der Waals surface area contributed by atoms with Crippen molar-refractivity contribution in [1.82, 2.24) is 0 Å². The summed E-state index contributed by atoms with van der Waals surface area (Å²) in [6.07, 6.45) is 1.16. The zero-order valence-electron chi connectivity index (χ0n) is 10.7. The summed E-state index contributed by atoms with van der Waals surface area (Å²) in [4.78, 5) is 23.1. The molecular formula is C12H19IO5. The summed E-state index contributed by atoms with van der Waals surface area (Å²) in [6.45, 7) is 3.78. The van der Waals surface area contributed by atoms with E-state index in [4.69, 9.17) is 14.2 Å². The van der Waals surface area contributed by atoms with E-state index in [0.29, 0.717) is 6.42 Å². The highest BCUT2D eigenvalue weighted by atomic mass is 127. The Bertz CT molecular complexity index is 290. The molecule has 0 aromatic carbocycles. The zero-order valence-corrected chi connectivity index (χ0v) is 12.8. The Labute approximate surface area is 121 Å². The number of hydrogen-bond donors (Lipinski definition) is 0. The third-order valence-electron chi connectivity index (χ3n) is 2.97. The van der Waals surface area contributed by atoms with E-state index in [1.165, 1.54) is 0 Å². The maximum Gasteiger partial charge on any atom is 0.317 e. The molecule has 0 amide bonds. The van der Waals surface area contributed by atoms with Gasteiger partial charge in [0.2, 0.25) is 0 Å². The summed E-state index contributed by atoms with van der Waals surface area (Å²) in [6, 6.07) is 0. The van der Waals surface area contributed by atoms with Gasteiger partial charge < -0.3 is 19.0 Å². The van der Waals surface area contributed by atoms with E-state index < -0.39 is 17.7 Å². The van der Waals surface area contributed by atoms with Gasteiger partial charge in [0.25, 0.3) is 0 Å². The highest BCUT2D eigenvalue weighted by Gasteiger charge is 2.53. The third-order valence-corrected chi connectivity index (χ3v) is 3.73. The molecule has 1 atom stereocenters. The number of carbonyl (C=O) groups is 2. The minimum atomic E-state index is -0.991. The second kappa shape index (κ2) is 7.40. The first kappa shape index (κ1) is 15.8. The fraction of sp³-hybridized carbons (Fsp3) is 0.833. The van der Waals surface area contributed by atoms with Gasteiger partial charge in [-0.2, -0.15) is 0 Å². The number of halogens is 1. The van der Waals surface area contributed by atoms with E-state index in [-0.39, 0.29) is 19.3 Å². The van der Waals surface area contributed by atoms with Crippen LogP contribution in [0.3, 0.4) is 0 Å². The van der Waals surface area contributed by atoms with Crippen LogP contribution >= 0.6 is 22.6 Å². The van der Waals surface area contributed by atoms with Gasteiger partial charge in [-0.25, -0.2) is 0 Å². The monoisotopic (exact) mass is 370 g/mol. The number of alkyl halides is 1. The molecule has 0 unspecified atom stereocenters. The van der Waals surface area contributed by atoms with Crippen LogP contribution in [0.2, 0.25) is 0 Å². The van der Waals surface area contributed by atoms with E-state index in [9.17, 15) is 9.59 Å². The maximum absolute atomic E-state index is 12.2. The predicted molar refractivity (Wildman–Crippen MR) is 73.3 cm³/mol. The Balaban J connectivity index is 2.85. The lowest BCUT2D eigenvalue weighted by Gasteiger charge is -2.45. The molecule has 1 aliphatic rings. The van der Waals surface area contributed by atoms with Gasteiger partial charge in [0, 0.05) is 6.42 Å². The standard InChI is InChI=1S/C12H19IO5/c1-3-16-10(15)12(6-8-14,5-4-7-13)11-17-9(2)18-11/h8-9,11H,3-7H2,1-2H3/t9?,11?,12-/m0/s1. The Morgan fingerprint density at radius 1 is 1.50 bits per heavy atom. The lowest BCUT2D eigenvalue weighted by molar-refractivity contribution is -0.406. The summed E-state index contributed by atoms with van der Waals surface area (Å²) >= 11 is 2.24. The molecule has 1 rings (SSSR count). The normalized spacial score (nSPS) is 25.9. The largest absolute Gasteiger partial charge is 0.465 e. The van der Waals surface area contributed by atoms with Crippen molar-refractivity contribution in [3.05, 3.63) is 0 Å². The Morgan fingerprint density at radius 2 is 2.17 bits per heavy atom. The van der Waals surface area contributed by atoms with Gasteiger partial charge in [0.1, 0.15) is 11.7 Å². The smallest absolute Gasteiger partial charge is 0.317 e. The van der Waals surface area contributed by atoms with Crippen molar-refractivity contribution in [1.29, 1.82) is 0 Å². The molecule has 0 aromatic heterocycles. The van der Waals surface area contributed by atoms with Crippen LogP contribution in [-0.4, -0.2) is 35.9 Å². The molecule has 0 spiro atoms. The van der Waals surface area contributed by atoms with Crippen LogP contribution in [0.25, 0.3) is 0 Å². The molecule has 0 aliphatic carbocycles. The SMILES string of the molecule is CCOC(=O)[C@@](CC=O)(CCCI)C1OC(C)O1. The van der Waals surface area contributed by atoms with Crippen molar-refractivity contribution in [2.45, 2.75) is 45.7 Å². The number of carbonyl (C=O) groups excluding carboxylic acids is 2. The van der Waals surface area contributed by atoms with E-state index in [0.717, 1.165) is 17.1 Å². The van der Waals surface area contributed by atoms with Crippen LogP contribution in [0.1, 0.15) is 33.1 Å². The van der Waals surface area contributed by atoms with Crippen LogP contribution in [0.4, 0.5) is 0 Å². The molecular weight excluding hydrogens is 351 g/mol. The second-order valence-corrected chi connectivity index (χ2v) is 5.29. The number of hydrogen-bond acceptors (Lipinski definition) is 5. The minimum Gasteiger partial charge on any atom is -0.465 e. The van der Waals surface area contributed by atoms with Crippen molar-refractivity contribution in [3.63, 3.8) is 0 Å². The zero-order chi connectivity index (χ0) is 13.6. The highest BCUT2D eigenvalue weighted by Crippen LogP contribution is 2.41. The van der Waals surface area contributed by atoms with Gasteiger partial charge in [0.15, 0.2) is 12.6 Å². The summed E-state index contributed by atoms with van der Waals surface area (Å²) in [5.74, 6) is -0.404. The first-order valence-electron chi connectivity index (χ1n) is 6.08. The molecule has 1 fully saturated rings. The first-order chi connectivity index (χ1) is 8.60. The van der Waals surface area contributed by atoms with Crippen LogP contribution in [0.15, 0.2) is 0 Å². The quantitative estimate of drug-likeness (QED) is 0.283. The molecule has 0 saturated carbocycles. The summed E-state index contributed by atoms with van der Waals surface area (Å²) in [7, 11) is 0. The van der Waals surface area contributed by atoms with Gasteiger partial charge in [0.05, 0.1) is 6.61 Å². The molecule has 0 bridgehead atoms. The van der Waals surface area contributed by atoms with Crippen molar-refractivity contribution in [2.24, 2.45) is 5.41 Å². The van der Waals surface area contributed by atoms with Crippen LogP contribution < -0.4 is 0 Å². The lowest BCUT2D eigenvalue weighted by atomic mass is 9.79. The number of esters is 1. The Kier molecular flexibility index (Phi) is 6.51. The van der Waals surface area contributed by atoms with Crippen LogP contribution in [0, 0.1) is 5.41 Å². The van der Waals surface area contributed by atoms with E-state index in [1.807, 2.05) is 0 Å². The van der Waals surface area contributed by atoms with Crippen molar-refractivity contribution < 1.29 is 23.8 Å². The van der Waals surface area contributed by atoms with Crippen molar-refractivity contribution in [3.8, 4) is 0 Å². The number of rotatable bonds is 8. The Hall–Kier alpha value is -0.210. The fourth-order valence-electron chi connectivity index (χ4n) is 2.02. The van der Waals surface area contributed by atoms with Crippen LogP contribution in [0.5, 0.6) is 0 Å². The first-order valence-corrected chi connectivity index (χ1v) is 7.61. The van der Waals surface area contributed by atoms with Gasteiger partial charge in [-0.15, -0.1) is 0 Å². The molecule has 0 N–H and O–H groups in total. The molecule has 1 heterocycles. The molecule has 0 radical (unpaired) electrons. The van der Waals surface area contributed by atoms with Crippen molar-refractivity contribution >= 4 is 34.8 Å². The number of ether oxygens (including phenoxy) is 3. The van der Waals surface area contributed by atoms with E-state index >= 15 is 0 Å². The Morgan fingerprint density at radius 3 is 2.61 bits per heavy atom. The van der Waals surface area contributed by atoms with Gasteiger partial charge in [-0.3, -0.25) is 4.79 Å². The molecule has 18 heavy (non-hydrogen) atoms. The molecule has 1 saturated heterocycles. The van der Waals surface area contributed by atoms with E-state index in [2.05, 4.69) is 22.6 Å². The summed E-state index contributed by atoms with van der Waals surface area (Å²) < 4.78 is 16.9. The highest BCUT2D eigenvalue weighted by molar-refractivity contribution is 14.1. The molecule has 0 aromatic rings. The molecule has 104 valence electrons. The molecule has 1 aliphatic heterocycles. The van der Waals surface area contributed by atoms with Crippen molar-refractivity contribution in [2.75, 3.05) is 11.0 Å².